The lowest BCUT2D eigenvalue weighted by Gasteiger charge is -2.12. The van der Waals surface area contributed by atoms with Gasteiger partial charge in [-0.15, -0.1) is 11.3 Å². The molecule has 0 aliphatic rings. The van der Waals surface area contributed by atoms with Gasteiger partial charge >= 0.3 is 0 Å². The second-order valence-electron chi connectivity index (χ2n) is 4.77. The van der Waals surface area contributed by atoms with Crippen LogP contribution in [-0.4, -0.2) is 20.4 Å². The van der Waals surface area contributed by atoms with Crippen molar-refractivity contribution in [3.8, 4) is 0 Å². The third-order valence-corrected chi connectivity index (χ3v) is 5.43. The van der Waals surface area contributed by atoms with Crippen molar-refractivity contribution in [3.63, 3.8) is 0 Å². The first kappa shape index (κ1) is 16.1. The number of rotatable bonds is 6. The Labute approximate surface area is 129 Å². The van der Waals surface area contributed by atoms with Crippen LogP contribution in [0.4, 0.5) is 0 Å². The maximum Gasteiger partial charge on any atom is 0.240 e. The molecule has 0 amide bonds. The third-order valence-electron chi connectivity index (χ3n) is 3.21. The quantitative estimate of drug-likeness (QED) is 0.854. The summed E-state index contributed by atoms with van der Waals surface area (Å²) in [5.41, 5.74) is 1.67. The predicted molar refractivity (Wildman–Crippen MR) is 84.8 cm³/mol. The van der Waals surface area contributed by atoms with Crippen molar-refractivity contribution in [3.05, 3.63) is 45.9 Å². The Morgan fingerprint density at radius 3 is 2.76 bits per heavy atom. The number of nitrogens with one attached hydrogen (secondary N) is 2. The molecule has 1 heterocycles. The zero-order valence-corrected chi connectivity index (χ0v) is 13.9. The zero-order valence-electron chi connectivity index (χ0n) is 12.3. The molecule has 7 heteroatoms. The van der Waals surface area contributed by atoms with E-state index in [1.165, 1.54) is 11.3 Å². The lowest BCUT2D eigenvalue weighted by molar-refractivity contribution is 0.579. The molecule has 0 bridgehead atoms. The maximum absolute atomic E-state index is 12.3. The summed E-state index contributed by atoms with van der Waals surface area (Å²) in [7, 11) is -1.68. The van der Waals surface area contributed by atoms with Crippen molar-refractivity contribution in [2.45, 2.75) is 31.3 Å². The predicted octanol–water partition coefficient (Wildman–Crippen LogP) is 2.21. The Bertz CT molecular complexity index is 711. The van der Waals surface area contributed by atoms with E-state index in [-0.39, 0.29) is 17.5 Å². The Balaban J connectivity index is 2.15. The van der Waals surface area contributed by atoms with E-state index in [9.17, 15) is 8.42 Å². The average molecular weight is 325 g/mol. The van der Waals surface area contributed by atoms with Crippen LogP contribution in [0.1, 0.15) is 29.2 Å². The van der Waals surface area contributed by atoms with Gasteiger partial charge in [0.2, 0.25) is 10.0 Å². The smallest absolute Gasteiger partial charge is 0.240 e. The molecule has 0 aliphatic carbocycles. The standard InChI is InChI=1S/C14H19N3O2S2/c1-10(15-3)12-5-4-6-14(7-12)21(18,19)16-8-13-9-20-11(2)17-13/h4-7,9-10,15-16H,8H2,1-3H3. The molecule has 0 fully saturated rings. The summed E-state index contributed by atoms with van der Waals surface area (Å²) in [4.78, 5) is 4.52. The van der Waals surface area contributed by atoms with Crippen LogP contribution >= 0.6 is 11.3 Å². The Hall–Kier alpha value is -1.28. The molecule has 1 atom stereocenters. The van der Waals surface area contributed by atoms with Crippen LogP contribution in [0.2, 0.25) is 0 Å². The first-order valence-electron chi connectivity index (χ1n) is 6.60. The highest BCUT2D eigenvalue weighted by Gasteiger charge is 2.15. The minimum absolute atomic E-state index is 0.0985. The van der Waals surface area contributed by atoms with Crippen LogP contribution in [0.3, 0.4) is 0 Å². The number of nitrogens with zero attached hydrogens (tertiary/aromatic N) is 1. The summed E-state index contributed by atoms with van der Waals surface area (Å²) < 4.78 is 27.2. The Morgan fingerprint density at radius 2 is 2.14 bits per heavy atom. The van der Waals surface area contributed by atoms with Gasteiger partial charge in [0.05, 0.1) is 22.1 Å². The second kappa shape index (κ2) is 6.65. The normalized spacial score (nSPS) is 13.3. The van der Waals surface area contributed by atoms with E-state index in [1.807, 2.05) is 32.3 Å². The fourth-order valence-electron chi connectivity index (χ4n) is 1.86. The van der Waals surface area contributed by atoms with Gasteiger partial charge in [0.25, 0.3) is 0 Å². The summed E-state index contributed by atoms with van der Waals surface area (Å²) in [6, 6.07) is 7.05. The summed E-state index contributed by atoms with van der Waals surface area (Å²) in [5.74, 6) is 0. The van der Waals surface area contributed by atoms with Crippen molar-refractivity contribution < 1.29 is 8.42 Å². The number of sulfonamides is 1. The van der Waals surface area contributed by atoms with Gasteiger partial charge in [-0.1, -0.05) is 12.1 Å². The lowest BCUT2D eigenvalue weighted by atomic mass is 10.1. The molecular formula is C14H19N3O2S2. The monoisotopic (exact) mass is 325 g/mol. The molecule has 1 unspecified atom stereocenters. The minimum atomic E-state index is -3.53. The van der Waals surface area contributed by atoms with Crippen molar-refractivity contribution in [2.75, 3.05) is 7.05 Å². The van der Waals surface area contributed by atoms with E-state index in [0.717, 1.165) is 16.3 Å². The van der Waals surface area contributed by atoms with Gasteiger partial charge in [-0.25, -0.2) is 18.1 Å². The summed E-state index contributed by atoms with van der Waals surface area (Å²) in [5, 5.41) is 5.88. The molecule has 0 radical (unpaired) electrons. The molecule has 2 rings (SSSR count). The van der Waals surface area contributed by atoms with Crippen LogP contribution in [0.25, 0.3) is 0 Å². The molecule has 5 nitrogen and oxygen atoms in total. The average Bonchev–Trinajstić information content (AvgIpc) is 2.90. The molecular weight excluding hydrogens is 306 g/mol. The summed E-state index contributed by atoms with van der Waals surface area (Å²) >= 11 is 1.51. The van der Waals surface area contributed by atoms with Gasteiger partial charge in [0.15, 0.2) is 0 Å². The van der Waals surface area contributed by atoms with E-state index >= 15 is 0 Å². The molecule has 0 aliphatic heterocycles. The van der Waals surface area contributed by atoms with E-state index in [1.54, 1.807) is 18.2 Å². The van der Waals surface area contributed by atoms with Gasteiger partial charge in [0.1, 0.15) is 0 Å². The molecule has 0 spiro atoms. The number of thiazole rings is 1. The van der Waals surface area contributed by atoms with Crippen molar-refractivity contribution in [1.82, 2.24) is 15.0 Å². The topological polar surface area (TPSA) is 71.1 Å². The second-order valence-corrected chi connectivity index (χ2v) is 7.59. The fourth-order valence-corrected chi connectivity index (χ4v) is 3.53. The highest BCUT2D eigenvalue weighted by molar-refractivity contribution is 7.89. The number of hydrogen-bond donors (Lipinski definition) is 2. The van der Waals surface area contributed by atoms with Gasteiger partial charge in [-0.2, -0.15) is 0 Å². The first-order valence-corrected chi connectivity index (χ1v) is 8.96. The molecule has 2 N–H and O–H groups in total. The van der Waals surface area contributed by atoms with Gasteiger partial charge in [-0.05, 0) is 38.6 Å². The van der Waals surface area contributed by atoms with E-state index in [4.69, 9.17) is 0 Å². The fraction of sp³-hybridized carbons (Fsp3) is 0.357. The van der Waals surface area contributed by atoms with Crippen molar-refractivity contribution >= 4 is 21.4 Å². The van der Waals surface area contributed by atoms with Crippen LogP contribution in [0.15, 0.2) is 34.5 Å². The molecule has 114 valence electrons. The van der Waals surface area contributed by atoms with E-state index in [0.29, 0.717) is 0 Å². The van der Waals surface area contributed by atoms with E-state index < -0.39 is 10.0 Å². The van der Waals surface area contributed by atoms with Gasteiger partial charge < -0.3 is 5.32 Å². The number of benzene rings is 1. The largest absolute Gasteiger partial charge is 0.313 e. The first-order chi connectivity index (χ1) is 9.92. The maximum atomic E-state index is 12.3. The van der Waals surface area contributed by atoms with E-state index in [2.05, 4.69) is 15.0 Å². The van der Waals surface area contributed by atoms with Crippen LogP contribution < -0.4 is 10.0 Å². The van der Waals surface area contributed by atoms with Crippen LogP contribution in [0, 0.1) is 6.92 Å². The van der Waals surface area contributed by atoms with Crippen LogP contribution in [-0.2, 0) is 16.6 Å². The van der Waals surface area contributed by atoms with Gasteiger partial charge in [0, 0.05) is 11.4 Å². The zero-order chi connectivity index (χ0) is 15.5. The Kier molecular flexibility index (Phi) is 5.10. The number of aromatic nitrogens is 1. The molecule has 0 saturated carbocycles. The minimum Gasteiger partial charge on any atom is -0.313 e. The molecule has 0 saturated heterocycles. The van der Waals surface area contributed by atoms with Crippen molar-refractivity contribution in [1.29, 1.82) is 0 Å². The third kappa shape index (κ3) is 4.10. The highest BCUT2D eigenvalue weighted by Crippen LogP contribution is 2.17. The van der Waals surface area contributed by atoms with Gasteiger partial charge in [-0.3, -0.25) is 0 Å². The highest BCUT2D eigenvalue weighted by atomic mass is 32.2. The molecule has 21 heavy (non-hydrogen) atoms. The number of aryl methyl sites for hydroxylation is 1. The lowest BCUT2D eigenvalue weighted by Crippen LogP contribution is -2.24. The Morgan fingerprint density at radius 1 is 1.38 bits per heavy atom. The summed E-state index contributed by atoms with van der Waals surface area (Å²) in [6.07, 6.45) is 0. The van der Waals surface area contributed by atoms with Crippen LogP contribution in [0.5, 0.6) is 0 Å². The van der Waals surface area contributed by atoms with Crippen molar-refractivity contribution in [2.24, 2.45) is 0 Å². The molecule has 1 aromatic carbocycles. The molecule has 1 aromatic heterocycles. The number of hydrogen-bond acceptors (Lipinski definition) is 5. The molecule has 2 aromatic rings. The summed E-state index contributed by atoms with van der Waals surface area (Å²) in [6.45, 7) is 4.08. The SMILES string of the molecule is CNC(C)c1cccc(S(=O)(=O)NCc2csc(C)n2)c1.